The van der Waals surface area contributed by atoms with Crippen molar-refractivity contribution >= 4 is 5.97 Å². The molecule has 0 aliphatic carbocycles. The number of hydrogen-bond acceptors (Lipinski definition) is 2. The summed E-state index contributed by atoms with van der Waals surface area (Å²) in [4.78, 5) is 10.2. The molecule has 0 fully saturated rings. The van der Waals surface area contributed by atoms with Gasteiger partial charge in [0.15, 0.2) is 0 Å². The molecule has 0 atom stereocenters. The minimum atomic E-state index is -0.974. The van der Waals surface area contributed by atoms with Crippen LogP contribution >= 0.6 is 0 Å². The summed E-state index contributed by atoms with van der Waals surface area (Å²) >= 11 is 0. The number of terminal acetylenes is 1. The predicted octanol–water partition coefficient (Wildman–Crippen LogP) is 0.240. The molecule has 0 aromatic rings. The SMILES string of the molecule is C#CCCNCC(=C)C(=O)O. The summed E-state index contributed by atoms with van der Waals surface area (Å²) in [6.07, 6.45) is 5.58. The van der Waals surface area contributed by atoms with Gasteiger partial charge in [-0.25, -0.2) is 4.79 Å². The van der Waals surface area contributed by atoms with Gasteiger partial charge in [0.25, 0.3) is 0 Å². The average Bonchev–Trinajstić information content (AvgIpc) is 1.97. The molecular weight excluding hydrogens is 142 g/mol. The molecule has 0 aliphatic rings. The van der Waals surface area contributed by atoms with Crippen molar-refractivity contribution in [2.24, 2.45) is 0 Å². The molecule has 0 bridgehead atoms. The number of hydrogen-bond donors (Lipinski definition) is 2. The van der Waals surface area contributed by atoms with Gasteiger partial charge >= 0.3 is 5.97 Å². The second-order valence-electron chi connectivity index (χ2n) is 2.04. The van der Waals surface area contributed by atoms with Crippen LogP contribution in [0.15, 0.2) is 12.2 Å². The van der Waals surface area contributed by atoms with Crippen LogP contribution in [0.25, 0.3) is 0 Å². The normalized spacial score (nSPS) is 8.64. The van der Waals surface area contributed by atoms with E-state index in [2.05, 4.69) is 17.8 Å². The van der Waals surface area contributed by atoms with E-state index in [0.717, 1.165) is 0 Å². The van der Waals surface area contributed by atoms with Crippen LogP contribution in [0.2, 0.25) is 0 Å². The molecule has 0 aromatic heterocycles. The van der Waals surface area contributed by atoms with Crippen molar-refractivity contribution in [2.75, 3.05) is 13.1 Å². The van der Waals surface area contributed by atoms with Gasteiger partial charge in [-0.15, -0.1) is 12.3 Å². The van der Waals surface area contributed by atoms with Gasteiger partial charge in [-0.1, -0.05) is 6.58 Å². The number of aliphatic carboxylic acids is 1. The van der Waals surface area contributed by atoms with E-state index >= 15 is 0 Å². The van der Waals surface area contributed by atoms with E-state index in [4.69, 9.17) is 11.5 Å². The van der Waals surface area contributed by atoms with Gasteiger partial charge in [0, 0.05) is 25.1 Å². The molecule has 0 aliphatic heterocycles. The zero-order valence-electron chi connectivity index (χ0n) is 6.26. The van der Waals surface area contributed by atoms with Crippen molar-refractivity contribution in [2.45, 2.75) is 6.42 Å². The van der Waals surface area contributed by atoms with Crippen LogP contribution in [0.3, 0.4) is 0 Å². The van der Waals surface area contributed by atoms with Crippen molar-refractivity contribution in [3.8, 4) is 12.3 Å². The number of rotatable bonds is 5. The summed E-state index contributed by atoms with van der Waals surface area (Å²) in [5.74, 6) is 1.46. The maximum absolute atomic E-state index is 10.2. The summed E-state index contributed by atoms with van der Waals surface area (Å²) < 4.78 is 0. The first-order valence-electron chi connectivity index (χ1n) is 3.23. The third-order valence-corrected chi connectivity index (χ3v) is 1.09. The summed E-state index contributed by atoms with van der Waals surface area (Å²) in [6, 6.07) is 0. The molecule has 60 valence electrons. The Morgan fingerprint density at radius 3 is 2.82 bits per heavy atom. The Kier molecular flexibility index (Phi) is 4.87. The van der Waals surface area contributed by atoms with Crippen LogP contribution in [0.5, 0.6) is 0 Å². The zero-order chi connectivity index (χ0) is 8.69. The van der Waals surface area contributed by atoms with E-state index < -0.39 is 5.97 Å². The zero-order valence-corrected chi connectivity index (χ0v) is 6.26. The lowest BCUT2D eigenvalue weighted by Crippen LogP contribution is -2.21. The summed E-state index contributed by atoms with van der Waals surface area (Å²) in [7, 11) is 0. The molecule has 0 unspecified atom stereocenters. The third kappa shape index (κ3) is 5.19. The van der Waals surface area contributed by atoms with E-state index in [1.165, 1.54) is 0 Å². The molecule has 0 rings (SSSR count). The number of carboxylic acid groups (broad SMARTS) is 1. The number of carbonyl (C=O) groups is 1. The molecule has 0 radical (unpaired) electrons. The molecule has 0 spiro atoms. The average molecular weight is 153 g/mol. The van der Waals surface area contributed by atoms with Gasteiger partial charge in [-0.3, -0.25) is 0 Å². The van der Waals surface area contributed by atoms with Crippen molar-refractivity contribution in [3.05, 3.63) is 12.2 Å². The van der Waals surface area contributed by atoms with E-state index in [9.17, 15) is 4.79 Å². The fourth-order valence-electron chi connectivity index (χ4n) is 0.475. The lowest BCUT2D eigenvalue weighted by atomic mass is 10.3. The summed E-state index contributed by atoms with van der Waals surface area (Å²) in [6.45, 7) is 4.25. The largest absolute Gasteiger partial charge is 0.478 e. The van der Waals surface area contributed by atoms with Gasteiger partial charge in [0.2, 0.25) is 0 Å². The van der Waals surface area contributed by atoms with E-state index in [1.54, 1.807) is 0 Å². The second-order valence-corrected chi connectivity index (χ2v) is 2.04. The van der Waals surface area contributed by atoms with Crippen molar-refractivity contribution in [1.82, 2.24) is 5.32 Å². The summed E-state index contributed by atoms with van der Waals surface area (Å²) in [5.41, 5.74) is 0.155. The van der Waals surface area contributed by atoms with Gasteiger partial charge in [-0.2, -0.15) is 0 Å². The highest BCUT2D eigenvalue weighted by Crippen LogP contribution is 1.85. The molecule has 3 heteroatoms. The van der Waals surface area contributed by atoms with Crippen molar-refractivity contribution in [1.29, 1.82) is 0 Å². The number of carboxylic acids is 1. The molecular formula is C8H11NO2. The van der Waals surface area contributed by atoms with Crippen LogP contribution in [0, 0.1) is 12.3 Å². The molecule has 2 N–H and O–H groups in total. The first kappa shape index (κ1) is 9.73. The minimum absolute atomic E-state index is 0.155. The summed E-state index contributed by atoms with van der Waals surface area (Å²) in [5, 5.41) is 11.2. The monoisotopic (exact) mass is 153 g/mol. The molecule has 0 saturated heterocycles. The Labute approximate surface area is 66.1 Å². The Bertz CT molecular complexity index is 191. The maximum atomic E-state index is 10.2. The molecule has 3 nitrogen and oxygen atoms in total. The lowest BCUT2D eigenvalue weighted by Gasteiger charge is -2.00. The van der Waals surface area contributed by atoms with Gasteiger partial charge in [0.1, 0.15) is 0 Å². The van der Waals surface area contributed by atoms with Crippen LogP contribution in [-0.2, 0) is 4.79 Å². The van der Waals surface area contributed by atoms with E-state index in [0.29, 0.717) is 13.0 Å². The van der Waals surface area contributed by atoms with Crippen LogP contribution in [0.1, 0.15) is 6.42 Å². The molecule has 0 saturated carbocycles. The quantitative estimate of drug-likeness (QED) is 0.338. The molecule has 0 aromatic carbocycles. The highest BCUT2D eigenvalue weighted by Gasteiger charge is 2.00. The first-order chi connectivity index (χ1) is 5.18. The van der Waals surface area contributed by atoms with Crippen molar-refractivity contribution in [3.63, 3.8) is 0 Å². The van der Waals surface area contributed by atoms with Crippen LogP contribution < -0.4 is 5.32 Å². The van der Waals surface area contributed by atoms with E-state index in [1.807, 2.05) is 0 Å². The van der Waals surface area contributed by atoms with Crippen LogP contribution in [0.4, 0.5) is 0 Å². The third-order valence-electron chi connectivity index (χ3n) is 1.09. The molecule has 11 heavy (non-hydrogen) atoms. The lowest BCUT2D eigenvalue weighted by molar-refractivity contribution is -0.132. The standard InChI is InChI=1S/C8H11NO2/c1-3-4-5-9-6-7(2)8(10)11/h1,9H,2,4-6H2,(H,10,11). The smallest absolute Gasteiger partial charge is 0.332 e. The molecule has 0 heterocycles. The van der Waals surface area contributed by atoms with Gasteiger partial charge < -0.3 is 10.4 Å². The Balaban J connectivity index is 3.34. The predicted molar refractivity (Wildman–Crippen MR) is 43.1 cm³/mol. The Morgan fingerprint density at radius 2 is 2.36 bits per heavy atom. The highest BCUT2D eigenvalue weighted by atomic mass is 16.4. The van der Waals surface area contributed by atoms with Gasteiger partial charge in [-0.05, 0) is 0 Å². The van der Waals surface area contributed by atoms with Crippen molar-refractivity contribution < 1.29 is 9.90 Å². The van der Waals surface area contributed by atoms with Gasteiger partial charge in [0.05, 0.1) is 0 Å². The number of nitrogens with one attached hydrogen (secondary N) is 1. The second kappa shape index (κ2) is 5.51. The fourth-order valence-corrected chi connectivity index (χ4v) is 0.475. The Morgan fingerprint density at radius 1 is 1.73 bits per heavy atom. The highest BCUT2D eigenvalue weighted by molar-refractivity contribution is 5.86. The molecule has 0 amide bonds. The fraction of sp³-hybridized carbons (Fsp3) is 0.375. The maximum Gasteiger partial charge on any atom is 0.332 e. The van der Waals surface area contributed by atoms with Crippen LogP contribution in [-0.4, -0.2) is 24.2 Å². The van der Waals surface area contributed by atoms with E-state index in [-0.39, 0.29) is 12.1 Å². The Hall–Kier alpha value is -1.27. The first-order valence-corrected chi connectivity index (χ1v) is 3.23. The topological polar surface area (TPSA) is 49.3 Å². The minimum Gasteiger partial charge on any atom is -0.478 e.